The van der Waals surface area contributed by atoms with Gasteiger partial charge in [-0.1, -0.05) is 18.2 Å². The Balaban J connectivity index is 1.76. The fourth-order valence-corrected chi connectivity index (χ4v) is 3.30. The van der Waals surface area contributed by atoms with Crippen LogP contribution in [0.3, 0.4) is 0 Å². The van der Waals surface area contributed by atoms with Gasteiger partial charge in [0.15, 0.2) is 0 Å². The van der Waals surface area contributed by atoms with Crippen molar-refractivity contribution >= 4 is 0 Å². The first-order chi connectivity index (χ1) is 9.59. The van der Waals surface area contributed by atoms with Gasteiger partial charge in [0, 0.05) is 24.6 Å². The van der Waals surface area contributed by atoms with E-state index in [1.54, 1.807) is 0 Å². The molecule has 0 aromatic heterocycles. The van der Waals surface area contributed by atoms with Crippen LogP contribution in [0.25, 0.3) is 0 Å². The smallest absolute Gasteiger partial charge is 0.0619 e. The van der Waals surface area contributed by atoms with Crippen molar-refractivity contribution in [3.05, 3.63) is 34.9 Å². The summed E-state index contributed by atoms with van der Waals surface area (Å²) in [5.41, 5.74) is 4.53. The summed E-state index contributed by atoms with van der Waals surface area (Å²) in [5.74, 6) is 0. The molecule has 0 amide bonds. The molecular formula is C18H27NO. The van der Waals surface area contributed by atoms with E-state index in [1.165, 1.54) is 36.0 Å². The van der Waals surface area contributed by atoms with E-state index in [9.17, 15) is 0 Å². The molecular weight excluding hydrogens is 246 g/mol. The predicted octanol–water partition coefficient (Wildman–Crippen LogP) is 3.39. The number of hydrogen-bond acceptors (Lipinski definition) is 2. The number of benzene rings is 1. The molecule has 1 aliphatic carbocycles. The molecule has 1 aromatic rings. The lowest BCUT2D eigenvalue weighted by molar-refractivity contribution is 0.0628. The zero-order valence-corrected chi connectivity index (χ0v) is 13.0. The number of aryl methyl sites for hydroxylation is 2. The summed E-state index contributed by atoms with van der Waals surface area (Å²) in [6.45, 7) is 8.67. The van der Waals surface area contributed by atoms with Crippen LogP contribution >= 0.6 is 0 Å². The average Bonchev–Trinajstić information content (AvgIpc) is 3.18. The van der Waals surface area contributed by atoms with Gasteiger partial charge in [-0.25, -0.2) is 0 Å². The van der Waals surface area contributed by atoms with Crippen molar-refractivity contribution in [2.45, 2.75) is 58.6 Å². The van der Waals surface area contributed by atoms with Crippen LogP contribution in [0, 0.1) is 19.3 Å². The highest BCUT2D eigenvalue weighted by molar-refractivity contribution is 5.31. The molecule has 2 nitrogen and oxygen atoms in total. The van der Waals surface area contributed by atoms with E-state index in [4.69, 9.17) is 4.74 Å². The summed E-state index contributed by atoms with van der Waals surface area (Å²) >= 11 is 0. The fraction of sp³-hybridized carbons (Fsp3) is 0.667. The average molecular weight is 273 g/mol. The van der Waals surface area contributed by atoms with E-state index >= 15 is 0 Å². The highest BCUT2D eigenvalue weighted by atomic mass is 16.5. The van der Waals surface area contributed by atoms with Crippen molar-refractivity contribution in [1.29, 1.82) is 0 Å². The molecule has 2 unspecified atom stereocenters. The van der Waals surface area contributed by atoms with E-state index in [1.807, 2.05) is 0 Å². The highest BCUT2D eigenvalue weighted by Crippen LogP contribution is 2.38. The summed E-state index contributed by atoms with van der Waals surface area (Å²) in [4.78, 5) is 0. The molecule has 2 aliphatic rings. The molecule has 20 heavy (non-hydrogen) atoms. The molecule has 2 heteroatoms. The second-order valence-corrected chi connectivity index (χ2v) is 6.88. The lowest BCUT2D eigenvalue weighted by atomic mass is 9.76. The second kappa shape index (κ2) is 5.50. The maximum absolute atomic E-state index is 5.91. The molecule has 1 saturated heterocycles. The Hall–Kier alpha value is -0.860. The van der Waals surface area contributed by atoms with Crippen molar-refractivity contribution < 1.29 is 4.74 Å². The monoisotopic (exact) mass is 273 g/mol. The molecule has 0 spiro atoms. The molecule has 1 aromatic carbocycles. The van der Waals surface area contributed by atoms with Gasteiger partial charge in [0.05, 0.1) is 6.10 Å². The largest absolute Gasteiger partial charge is 0.378 e. The van der Waals surface area contributed by atoms with Gasteiger partial charge in [0.25, 0.3) is 0 Å². The first kappa shape index (κ1) is 14.1. The second-order valence-electron chi connectivity index (χ2n) is 6.88. The molecule has 2 fully saturated rings. The molecule has 3 rings (SSSR count). The van der Waals surface area contributed by atoms with Crippen LogP contribution in [0.5, 0.6) is 0 Å². The Labute approximate surface area is 122 Å². The minimum atomic E-state index is 0.282. The zero-order valence-electron chi connectivity index (χ0n) is 13.0. The van der Waals surface area contributed by atoms with Crippen LogP contribution in [-0.2, 0) is 11.2 Å². The Bertz CT molecular complexity index is 480. The van der Waals surface area contributed by atoms with Gasteiger partial charge in [0.2, 0.25) is 0 Å². The SMILES string of the molecule is Cc1ccc(CC2(CNC3CC3)CCOC2C)cc1C. The maximum Gasteiger partial charge on any atom is 0.0619 e. The van der Waals surface area contributed by atoms with Crippen LogP contribution < -0.4 is 5.32 Å². The van der Waals surface area contributed by atoms with Crippen LogP contribution in [0.1, 0.15) is 42.9 Å². The van der Waals surface area contributed by atoms with Gasteiger partial charge in [-0.05, 0) is 63.1 Å². The lowest BCUT2D eigenvalue weighted by Gasteiger charge is -2.33. The van der Waals surface area contributed by atoms with Crippen molar-refractivity contribution in [3.8, 4) is 0 Å². The number of nitrogens with one attached hydrogen (secondary N) is 1. The topological polar surface area (TPSA) is 21.3 Å². The Kier molecular flexibility index (Phi) is 3.87. The number of hydrogen-bond donors (Lipinski definition) is 1. The first-order valence-corrected chi connectivity index (χ1v) is 8.00. The quantitative estimate of drug-likeness (QED) is 0.888. The van der Waals surface area contributed by atoms with Crippen LogP contribution in [-0.4, -0.2) is 25.3 Å². The highest BCUT2D eigenvalue weighted by Gasteiger charge is 2.42. The molecule has 1 aliphatic heterocycles. The van der Waals surface area contributed by atoms with Gasteiger partial charge in [-0.2, -0.15) is 0 Å². The van der Waals surface area contributed by atoms with Crippen LogP contribution in [0.4, 0.5) is 0 Å². The summed E-state index contributed by atoms with van der Waals surface area (Å²) in [6, 6.07) is 7.69. The standard InChI is InChI=1S/C18H27NO/c1-13-4-5-16(10-14(13)2)11-18(8-9-20-15(18)3)12-19-17-6-7-17/h4-5,10,15,17,19H,6-9,11-12H2,1-3H3. The third-order valence-electron chi connectivity index (χ3n) is 5.28. The third kappa shape index (κ3) is 2.91. The van der Waals surface area contributed by atoms with Gasteiger partial charge < -0.3 is 10.1 Å². The van der Waals surface area contributed by atoms with Crippen molar-refractivity contribution in [1.82, 2.24) is 5.32 Å². The molecule has 110 valence electrons. The Morgan fingerprint density at radius 2 is 2.05 bits per heavy atom. The molecule has 1 N–H and O–H groups in total. The minimum absolute atomic E-state index is 0.282. The summed E-state index contributed by atoms with van der Waals surface area (Å²) in [6.07, 6.45) is 5.38. The van der Waals surface area contributed by atoms with Crippen molar-refractivity contribution in [2.75, 3.05) is 13.2 Å². The van der Waals surface area contributed by atoms with Gasteiger partial charge in [-0.3, -0.25) is 0 Å². The van der Waals surface area contributed by atoms with Crippen LogP contribution in [0.2, 0.25) is 0 Å². The molecule has 1 saturated carbocycles. The summed E-state index contributed by atoms with van der Waals surface area (Å²) < 4.78 is 5.91. The lowest BCUT2D eigenvalue weighted by Crippen LogP contribution is -2.42. The summed E-state index contributed by atoms with van der Waals surface area (Å²) in [7, 11) is 0. The first-order valence-electron chi connectivity index (χ1n) is 8.00. The molecule has 2 atom stereocenters. The molecule has 0 bridgehead atoms. The minimum Gasteiger partial charge on any atom is -0.378 e. The normalized spacial score (nSPS) is 29.9. The summed E-state index contributed by atoms with van der Waals surface area (Å²) in [5, 5.41) is 3.74. The van der Waals surface area contributed by atoms with E-state index < -0.39 is 0 Å². The Morgan fingerprint density at radius 3 is 2.65 bits per heavy atom. The predicted molar refractivity (Wildman–Crippen MR) is 83.1 cm³/mol. The van der Waals surface area contributed by atoms with Crippen molar-refractivity contribution in [2.24, 2.45) is 5.41 Å². The zero-order chi connectivity index (χ0) is 14.2. The van der Waals surface area contributed by atoms with E-state index in [2.05, 4.69) is 44.3 Å². The van der Waals surface area contributed by atoms with Crippen molar-refractivity contribution in [3.63, 3.8) is 0 Å². The van der Waals surface area contributed by atoms with E-state index in [-0.39, 0.29) is 5.41 Å². The van der Waals surface area contributed by atoms with E-state index in [0.29, 0.717) is 6.10 Å². The number of rotatable bonds is 5. The molecule has 0 radical (unpaired) electrons. The van der Waals surface area contributed by atoms with Crippen LogP contribution in [0.15, 0.2) is 18.2 Å². The Morgan fingerprint density at radius 1 is 1.25 bits per heavy atom. The van der Waals surface area contributed by atoms with Gasteiger partial charge >= 0.3 is 0 Å². The molecule has 1 heterocycles. The maximum atomic E-state index is 5.91. The number of ether oxygens (including phenoxy) is 1. The van der Waals surface area contributed by atoms with Gasteiger partial charge in [-0.15, -0.1) is 0 Å². The third-order valence-corrected chi connectivity index (χ3v) is 5.28. The van der Waals surface area contributed by atoms with Gasteiger partial charge in [0.1, 0.15) is 0 Å². The fourth-order valence-electron chi connectivity index (χ4n) is 3.30. The van der Waals surface area contributed by atoms with E-state index in [0.717, 1.165) is 25.6 Å².